The van der Waals surface area contributed by atoms with Gasteiger partial charge in [-0.15, -0.1) is 11.8 Å². The Balaban J connectivity index is 2.00. The fourth-order valence-corrected chi connectivity index (χ4v) is 3.41. The second-order valence-electron chi connectivity index (χ2n) is 4.61. The highest BCUT2D eigenvalue weighted by molar-refractivity contribution is 7.99. The lowest BCUT2D eigenvalue weighted by Crippen LogP contribution is -1.98. The van der Waals surface area contributed by atoms with Crippen LogP contribution in [0.2, 0.25) is 0 Å². The predicted molar refractivity (Wildman–Crippen MR) is 80.5 cm³/mol. The molecule has 0 aromatic heterocycles. The van der Waals surface area contributed by atoms with Crippen LogP contribution in [0, 0.1) is 0 Å². The number of thioether (sulfide) groups is 1. The zero-order valence-electron chi connectivity index (χ0n) is 10.6. The lowest BCUT2D eigenvalue weighted by Gasteiger charge is -2.16. The van der Waals surface area contributed by atoms with Crippen molar-refractivity contribution in [1.82, 2.24) is 0 Å². The molecule has 0 saturated carbocycles. The van der Waals surface area contributed by atoms with E-state index in [1.807, 2.05) is 18.8 Å². The van der Waals surface area contributed by atoms with Crippen molar-refractivity contribution < 1.29 is 0 Å². The van der Waals surface area contributed by atoms with E-state index in [2.05, 4.69) is 47.8 Å². The van der Waals surface area contributed by atoms with E-state index in [9.17, 15) is 0 Å². The Morgan fingerprint density at radius 1 is 1.06 bits per heavy atom. The Kier molecular flexibility index (Phi) is 3.28. The molecule has 0 fully saturated rings. The van der Waals surface area contributed by atoms with E-state index in [4.69, 9.17) is 0 Å². The number of benzene rings is 2. The van der Waals surface area contributed by atoms with Gasteiger partial charge in [0.2, 0.25) is 0 Å². The molecular formula is C16H17NS. The number of hydrogen-bond acceptors (Lipinski definition) is 2. The standard InChI is InChI=1S/C16H17NS/c1-17-15-6-2-4-12(11-15)13-7-8-16-14(10-13)5-3-9-18-16/h2,4,6-8,10-11,17H,3,5,9H2,1H3. The summed E-state index contributed by atoms with van der Waals surface area (Å²) >= 11 is 1.99. The third kappa shape index (κ3) is 2.25. The molecule has 0 atom stereocenters. The lowest BCUT2D eigenvalue weighted by molar-refractivity contribution is 0.890. The Bertz CT molecular complexity index is 563. The fourth-order valence-electron chi connectivity index (χ4n) is 2.39. The number of fused-ring (bicyclic) bond motifs is 1. The zero-order chi connectivity index (χ0) is 12.4. The maximum Gasteiger partial charge on any atom is 0.0343 e. The van der Waals surface area contributed by atoms with Crippen LogP contribution in [0.1, 0.15) is 12.0 Å². The molecule has 0 bridgehead atoms. The first kappa shape index (κ1) is 11.7. The highest BCUT2D eigenvalue weighted by Gasteiger charge is 2.10. The van der Waals surface area contributed by atoms with Gasteiger partial charge in [-0.3, -0.25) is 0 Å². The number of nitrogens with one attached hydrogen (secondary N) is 1. The monoisotopic (exact) mass is 255 g/mol. The summed E-state index contributed by atoms with van der Waals surface area (Å²) in [5.41, 5.74) is 5.30. The Morgan fingerprint density at radius 2 is 1.94 bits per heavy atom. The molecule has 3 rings (SSSR count). The first-order chi connectivity index (χ1) is 8.86. The third-order valence-electron chi connectivity index (χ3n) is 3.39. The molecule has 0 radical (unpaired) electrons. The molecule has 1 aliphatic rings. The van der Waals surface area contributed by atoms with Crippen LogP contribution >= 0.6 is 11.8 Å². The lowest BCUT2D eigenvalue weighted by atomic mass is 10.0. The molecule has 2 aromatic rings. The molecule has 1 heterocycles. The van der Waals surface area contributed by atoms with Crippen molar-refractivity contribution in [2.45, 2.75) is 17.7 Å². The molecule has 1 N–H and O–H groups in total. The summed E-state index contributed by atoms with van der Waals surface area (Å²) in [4.78, 5) is 1.47. The minimum absolute atomic E-state index is 1.17. The van der Waals surface area contributed by atoms with Crippen molar-refractivity contribution in [3.8, 4) is 11.1 Å². The SMILES string of the molecule is CNc1cccc(-c2ccc3c(c2)CCCS3)c1. The van der Waals surface area contributed by atoms with Crippen molar-refractivity contribution in [2.24, 2.45) is 0 Å². The molecule has 0 unspecified atom stereocenters. The molecule has 0 spiro atoms. The third-order valence-corrected chi connectivity index (χ3v) is 4.60. The normalized spacial score (nSPS) is 14.1. The van der Waals surface area contributed by atoms with Crippen LogP contribution in [0.4, 0.5) is 5.69 Å². The van der Waals surface area contributed by atoms with E-state index < -0.39 is 0 Å². The molecular weight excluding hydrogens is 238 g/mol. The second-order valence-corrected chi connectivity index (χ2v) is 5.74. The van der Waals surface area contributed by atoms with Crippen LogP contribution < -0.4 is 5.32 Å². The van der Waals surface area contributed by atoms with E-state index >= 15 is 0 Å². The predicted octanol–water partition coefficient (Wildman–Crippen LogP) is 4.43. The molecule has 1 aliphatic heterocycles. The molecule has 0 saturated heterocycles. The van der Waals surface area contributed by atoms with Gasteiger partial charge in [-0.25, -0.2) is 0 Å². The van der Waals surface area contributed by atoms with Crippen molar-refractivity contribution in [1.29, 1.82) is 0 Å². The van der Waals surface area contributed by atoms with Crippen LogP contribution in [-0.2, 0) is 6.42 Å². The average molecular weight is 255 g/mol. The first-order valence-electron chi connectivity index (χ1n) is 6.41. The van der Waals surface area contributed by atoms with Gasteiger partial charge in [0.15, 0.2) is 0 Å². The summed E-state index contributed by atoms with van der Waals surface area (Å²) in [7, 11) is 1.96. The number of rotatable bonds is 2. The van der Waals surface area contributed by atoms with Gasteiger partial charge in [-0.05, 0) is 53.5 Å². The second kappa shape index (κ2) is 5.07. The maximum atomic E-state index is 3.20. The summed E-state index contributed by atoms with van der Waals surface area (Å²) < 4.78 is 0. The number of hydrogen-bond donors (Lipinski definition) is 1. The van der Waals surface area contributed by atoms with Crippen LogP contribution in [0.5, 0.6) is 0 Å². The van der Waals surface area contributed by atoms with Crippen molar-refractivity contribution in [3.63, 3.8) is 0 Å². The molecule has 0 amide bonds. The minimum Gasteiger partial charge on any atom is -0.388 e. The van der Waals surface area contributed by atoms with Crippen LogP contribution in [0.15, 0.2) is 47.4 Å². The van der Waals surface area contributed by atoms with E-state index in [0.717, 1.165) is 0 Å². The van der Waals surface area contributed by atoms with Gasteiger partial charge in [0.05, 0.1) is 0 Å². The van der Waals surface area contributed by atoms with Crippen LogP contribution in [0.25, 0.3) is 11.1 Å². The highest BCUT2D eigenvalue weighted by Crippen LogP contribution is 2.33. The van der Waals surface area contributed by atoms with Crippen molar-refractivity contribution in [2.75, 3.05) is 18.1 Å². The Hall–Kier alpha value is -1.41. The fraction of sp³-hybridized carbons (Fsp3) is 0.250. The summed E-state index contributed by atoms with van der Waals surface area (Å²) in [6.45, 7) is 0. The number of aryl methyl sites for hydroxylation is 1. The highest BCUT2D eigenvalue weighted by atomic mass is 32.2. The van der Waals surface area contributed by atoms with E-state index in [-0.39, 0.29) is 0 Å². The molecule has 2 aromatic carbocycles. The van der Waals surface area contributed by atoms with Gasteiger partial charge >= 0.3 is 0 Å². The molecule has 18 heavy (non-hydrogen) atoms. The summed E-state index contributed by atoms with van der Waals surface area (Å²) in [5, 5.41) is 3.20. The molecule has 92 valence electrons. The minimum atomic E-state index is 1.17. The van der Waals surface area contributed by atoms with Gasteiger partial charge in [-0.2, -0.15) is 0 Å². The van der Waals surface area contributed by atoms with E-state index in [0.29, 0.717) is 0 Å². The molecule has 0 aliphatic carbocycles. The quantitative estimate of drug-likeness (QED) is 0.851. The Morgan fingerprint density at radius 3 is 2.83 bits per heavy atom. The van der Waals surface area contributed by atoms with Gasteiger partial charge < -0.3 is 5.32 Å². The molecule has 2 heteroatoms. The summed E-state index contributed by atoms with van der Waals surface area (Å²) in [6, 6.07) is 15.5. The van der Waals surface area contributed by atoms with Gasteiger partial charge in [0, 0.05) is 17.6 Å². The Labute approximate surface area is 113 Å². The van der Waals surface area contributed by atoms with Crippen molar-refractivity contribution >= 4 is 17.4 Å². The van der Waals surface area contributed by atoms with Gasteiger partial charge in [0.25, 0.3) is 0 Å². The number of anilines is 1. The van der Waals surface area contributed by atoms with Gasteiger partial charge in [-0.1, -0.05) is 24.3 Å². The maximum absolute atomic E-state index is 3.20. The van der Waals surface area contributed by atoms with Gasteiger partial charge in [0.1, 0.15) is 0 Å². The zero-order valence-corrected chi connectivity index (χ0v) is 11.4. The van der Waals surface area contributed by atoms with E-state index in [1.54, 1.807) is 0 Å². The van der Waals surface area contributed by atoms with Crippen LogP contribution in [-0.4, -0.2) is 12.8 Å². The average Bonchev–Trinajstić information content (AvgIpc) is 2.47. The summed E-state index contributed by atoms with van der Waals surface area (Å²) in [6.07, 6.45) is 2.53. The summed E-state index contributed by atoms with van der Waals surface area (Å²) in [5.74, 6) is 1.27. The first-order valence-corrected chi connectivity index (χ1v) is 7.39. The van der Waals surface area contributed by atoms with E-state index in [1.165, 1.54) is 45.9 Å². The van der Waals surface area contributed by atoms with Crippen LogP contribution in [0.3, 0.4) is 0 Å². The topological polar surface area (TPSA) is 12.0 Å². The smallest absolute Gasteiger partial charge is 0.0343 e. The van der Waals surface area contributed by atoms with Crippen molar-refractivity contribution in [3.05, 3.63) is 48.0 Å². The molecule has 1 nitrogen and oxygen atoms in total. The largest absolute Gasteiger partial charge is 0.388 e.